The first-order chi connectivity index (χ1) is 12.0. The normalized spacial score (nSPS) is 24.4. The highest BCUT2D eigenvalue weighted by atomic mass is 32.1. The molecule has 3 heterocycles. The lowest BCUT2D eigenvalue weighted by Crippen LogP contribution is -2.59. The number of thiophene rings is 1. The molecule has 0 radical (unpaired) electrons. The van der Waals surface area contributed by atoms with Crippen LogP contribution in [0, 0.1) is 5.41 Å². The van der Waals surface area contributed by atoms with Crippen LogP contribution < -0.4 is 5.32 Å². The van der Waals surface area contributed by atoms with Gasteiger partial charge in [0.1, 0.15) is 0 Å². The van der Waals surface area contributed by atoms with E-state index in [9.17, 15) is 4.79 Å². The molecule has 5 nitrogen and oxygen atoms in total. The van der Waals surface area contributed by atoms with Crippen molar-refractivity contribution in [2.24, 2.45) is 5.41 Å². The summed E-state index contributed by atoms with van der Waals surface area (Å²) in [6, 6.07) is 4.82. The van der Waals surface area contributed by atoms with Crippen LogP contribution in [0.15, 0.2) is 17.5 Å². The smallest absolute Gasteiger partial charge is 0.316 e. The predicted molar refractivity (Wildman–Crippen MR) is 104 cm³/mol. The Labute approximate surface area is 156 Å². The fourth-order valence-electron chi connectivity index (χ4n) is 4.47. The van der Waals surface area contributed by atoms with Crippen LogP contribution in [-0.2, 0) is 6.54 Å². The van der Waals surface area contributed by atoms with E-state index in [-0.39, 0.29) is 6.03 Å². The van der Waals surface area contributed by atoms with Gasteiger partial charge in [0.15, 0.2) is 0 Å². The zero-order chi connectivity index (χ0) is 17.9. The van der Waals surface area contributed by atoms with E-state index in [1.54, 1.807) is 4.90 Å². The molecule has 1 N–H and O–H groups in total. The Balaban J connectivity index is 1.76. The van der Waals surface area contributed by atoms with E-state index in [1.165, 1.54) is 43.6 Å². The highest BCUT2D eigenvalue weighted by molar-refractivity contribution is 7.09. The van der Waals surface area contributed by atoms with Crippen molar-refractivity contribution in [3.8, 4) is 0 Å². The average Bonchev–Trinajstić information content (AvgIpc) is 3.10. The van der Waals surface area contributed by atoms with E-state index >= 15 is 0 Å². The molecule has 1 unspecified atom stereocenters. The van der Waals surface area contributed by atoms with Crippen LogP contribution >= 0.6 is 11.3 Å². The summed E-state index contributed by atoms with van der Waals surface area (Å²) in [6.45, 7) is 5.25. The van der Waals surface area contributed by atoms with Crippen LogP contribution in [0.4, 0.5) is 4.79 Å². The van der Waals surface area contributed by atoms with Crippen LogP contribution in [0.5, 0.6) is 0 Å². The summed E-state index contributed by atoms with van der Waals surface area (Å²) in [7, 11) is 5.85. The van der Waals surface area contributed by atoms with E-state index in [4.69, 9.17) is 0 Å². The number of piperidine rings is 2. The second kappa shape index (κ2) is 8.06. The zero-order valence-electron chi connectivity index (χ0n) is 15.8. The minimum Gasteiger partial charge on any atom is -0.336 e. The Kier molecular flexibility index (Phi) is 6.02. The topological polar surface area (TPSA) is 38.8 Å². The molecule has 25 heavy (non-hydrogen) atoms. The van der Waals surface area contributed by atoms with Gasteiger partial charge in [-0.1, -0.05) is 6.07 Å². The Hall–Kier alpha value is -1.11. The third-order valence-corrected chi connectivity index (χ3v) is 6.90. The van der Waals surface area contributed by atoms with Crippen molar-refractivity contribution >= 4 is 17.4 Å². The molecule has 2 fully saturated rings. The molecule has 6 heteroatoms. The fraction of sp³-hybridized carbons (Fsp3) is 0.737. The molecule has 2 aliphatic rings. The number of likely N-dealkylation sites (tertiary alicyclic amines) is 2. The molecule has 0 bridgehead atoms. The number of hydrogen-bond acceptors (Lipinski definition) is 4. The lowest BCUT2D eigenvalue weighted by atomic mass is 9.66. The van der Waals surface area contributed by atoms with Gasteiger partial charge in [-0.05, 0) is 69.2 Å². The standard InChI is InChI=1S/C19H32N4OS/c1-21(2)18(24)20-14-17-19(8-11-22(3)12-9-19)7-5-10-23(17)15-16-6-4-13-25-16/h4,6,13,17H,5,7-12,14-15H2,1-3H3,(H,20,24). The van der Waals surface area contributed by atoms with Gasteiger partial charge in [0.25, 0.3) is 0 Å². The highest BCUT2D eigenvalue weighted by Crippen LogP contribution is 2.44. The monoisotopic (exact) mass is 364 g/mol. The van der Waals surface area contributed by atoms with Crippen LogP contribution in [-0.4, -0.2) is 74.1 Å². The van der Waals surface area contributed by atoms with Crippen molar-refractivity contribution in [2.75, 3.05) is 47.3 Å². The largest absolute Gasteiger partial charge is 0.336 e. The molecule has 2 aliphatic heterocycles. The van der Waals surface area contributed by atoms with Crippen LogP contribution in [0.25, 0.3) is 0 Å². The van der Waals surface area contributed by atoms with Crippen molar-refractivity contribution in [2.45, 2.75) is 38.3 Å². The number of nitrogens with one attached hydrogen (secondary N) is 1. The summed E-state index contributed by atoms with van der Waals surface area (Å²) in [5.41, 5.74) is 0.349. The fourth-order valence-corrected chi connectivity index (χ4v) is 5.20. The van der Waals surface area contributed by atoms with Crippen molar-refractivity contribution in [3.63, 3.8) is 0 Å². The van der Waals surface area contributed by atoms with Gasteiger partial charge in [-0.2, -0.15) is 0 Å². The summed E-state index contributed by atoms with van der Waals surface area (Å²) in [5.74, 6) is 0. The first-order valence-electron chi connectivity index (χ1n) is 9.40. The molecule has 2 saturated heterocycles. The summed E-state index contributed by atoms with van der Waals surface area (Å²) >= 11 is 1.84. The van der Waals surface area contributed by atoms with E-state index in [2.05, 4.69) is 39.7 Å². The van der Waals surface area contributed by atoms with Gasteiger partial charge in [0.05, 0.1) is 0 Å². The Morgan fingerprint density at radius 3 is 2.72 bits per heavy atom. The minimum absolute atomic E-state index is 0.0183. The quantitative estimate of drug-likeness (QED) is 0.893. The summed E-state index contributed by atoms with van der Waals surface area (Å²) in [6.07, 6.45) is 5.05. The lowest BCUT2D eigenvalue weighted by Gasteiger charge is -2.53. The Morgan fingerprint density at radius 1 is 1.32 bits per heavy atom. The van der Waals surface area contributed by atoms with Gasteiger partial charge >= 0.3 is 6.03 Å². The zero-order valence-corrected chi connectivity index (χ0v) is 16.6. The van der Waals surface area contributed by atoms with E-state index in [0.717, 1.165) is 19.6 Å². The maximum absolute atomic E-state index is 12.1. The van der Waals surface area contributed by atoms with Crippen molar-refractivity contribution in [1.82, 2.24) is 20.0 Å². The third kappa shape index (κ3) is 4.36. The van der Waals surface area contributed by atoms with Gasteiger partial charge in [-0.25, -0.2) is 4.79 Å². The molecule has 1 aromatic heterocycles. The first-order valence-corrected chi connectivity index (χ1v) is 10.3. The summed E-state index contributed by atoms with van der Waals surface area (Å²) < 4.78 is 0. The van der Waals surface area contributed by atoms with Crippen molar-refractivity contribution < 1.29 is 4.79 Å². The molecular formula is C19H32N4OS. The molecule has 140 valence electrons. The third-order valence-electron chi connectivity index (χ3n) is 6.04. The average molecular weight is 365 g/mol. The number of carbonyl (C=O) groups is 1. The molecule has 1 aromatic rings. The van der Waals surface area contributed by atoms with Crippen LogP contribution in [0.1, 0.15) is 30.6 Å². The Bertz CT molecular complexity index is 552. The minimum atomic E-state index is 0.0183. The molecular weight excluding hydrogens is 332 g/mol. The molecule has 1 atom stereocenters. The van der Waals surface area contributed by atoms with E-state index < -0.39 is 0 Å². The number of hydrogen-bond donors (Lipinski definition) is 1. The number of carbonyl (C=O) groups excluding carboxylic acids is 1. The second-order valence-corrected chi connectivity index (χ2v) is 8.95. The summed E-state index contributed by atoms with van der Waals surface area (Å²) in [5, 5.41) is 5.34. The van der Waals surface area contributed by atoms with Crippen LogP contribution in [0.3, 0.4) is 0 Å². The highest BCUT2D eigenvalue weighted by Gasteiger charge is 2.45. The van der Waals surface area contributed by atoms with Gasteiger partial charge in [0.2, 0.25) is 0 Å². The summed E-state index contributed by atoms with van der Waals surface area (Å²) in [4.78, 5) is 20.3. The van der Waals surface area contributed by atoms with E-state index in [1.807, 2.05) is 25.4 Å². The van der Waals surface area contributed by atoms with Gasteiger partial charge in [-0.15, -0.1) is 11.3 Å². The number of nitrogens with zero attached hydrogens (tertiary/aromatic N) is 3. The SMILES string of the molecule is CN1CCC2(CCCN(Cc3cccs3)C2CNC(=O)N(C)C)CC1. The van der Waals surface area contributed by atoms with E-state index in [0.29, 0.717) is 11.5 Å². The lowest BCUT2D eigenvalue weighted by molar-refractivity contribution is -0.0301. The molecule has 0 aromatic carbocycles. The molecule has 0 aliphatic carbocycles. The van der Waals surface area contributed by atoms with Gasteiger partial charge in [-0.3, -0.25) is 4.90 Å². The van der Waals surface area contributed by atoms with Gasteiger partial charge in [0, 0.05) is 38.1 Å². The second-order valence-electron chi connectivity index (χ2n) is 7.92. The predicted octanol–water partition coefficient (Wildman–Crippen LogP) is 2.70. The van der Waals surface area contributed by atoms with Crippen LogP contribution in [0.2, 0.25) is 0 Å². The maximum Gasteiger partial charge on any atom is 0.316 e. The molecule has 2 amide bonds. The first kappa shape index (κ1) is 18.7. The maximum atomic E-state index is 12.1. The van der Waals surface area contributed by atoms with Gasteiger partial charge < -0.3 is 15.1 Å². The number of amides is 2. The molecule has 1 spiro atoms. The van der Waals surface area contributed by atoms with Crippen molar-refractivity contribution in [1.29, 1.82) is 0 Å². The Morgan fingerprint density at radius 2 is 2.08 bits per heavy atom. The molecule has 3 rings (SSSR count). The number of rotatable bonds is 4. The number of urea groups is 1. The van der Waals surface area contributed by atoms with Crippen molar-refractivity contribution in [3.05, 3.63) is 22.4 Å². The molecule has 0 saturated carbocycles.